The van der Waals surface area contributed by atoms with Gasteiger partial charge in [0.15, 0.2) is 18.2 Å². The fourth-order valence-electron chi connectivity index (χ4n) is 3.48. The van der Waals surface area contributed by atoms with Gasteiger partial charge in [-0.2, -0.15) is 0 Å². The lowest BCUT2D eigenvalue weighted by molar-refractivity contribution is -0.155. The van der Waals surface area contributed by atoms with E-state index < -0.39 is 5.82 Å². The van der Waals surface area contributed by atoms with Crippen LogP contribution in [0.3, 0.4) is 0 Å². The molecule has 2 amide bonds. The number of benzene rings is 1. The minimum absolute atomic E-state index is 0.0152. The molecule has 28 heavy (non-hydrogen) atoms. The van der Waals surface area contributed by atoms with Crippen LogP contribution < -0.4 is 4.74 Å². The molecule has 1 aromatic rings. The number of hydrogen-bond acceptors (Lipinski definition) is 5. The van der Waals surface area contributed by atoms with E-state index in [9.17, 15) is 18.8 Å². The smallest absolute Gasteiger partial charge is 0.309 e. The van der Waals surface area contributed by atoms with Crippen molar-refractivity contribution in [2.45, 2.75) is 19.8 Å². The number of piperidine rings is 1. The topological polar surface area (TPSA) is 76.2 Å². The predicted octanol–water partition coefficient (Wildman–Crippen LogP) is 1.46. The second-order valence-electron chi connectivity index (χ2n) is 7.07. The molecule has 0 aliphatic carbocycles. The summed E-state index contributed by atoms with van der Waals surface area (Å²) in [6.07, 6.45) is 1.22. The number of para-hydroxylation sites is 1. The van der Waals surface area contributed by atoms with E-state index in [4.69, 9.17) is 9.47 Å². The molecule has 0 unspecified atom stereocenters. The number of hydrogen-bond donors (Lipinski definition) is 0. The van der Waals surface area contributed by atoms with Crippen LogP contribution in [0.4, 0.5) is 4.39 Å². The first-order valence-electron chi connectivity index (χ1n) is 9.60. The van der Waals surface area contributed by atoms with E-state index in [1.165, 1.54) is 17.0 Å². The Morgan fingerprint density at radius 2 is 1.75 bits per heavy atom. The monoisotopic (exact) mass is 392 g/mol. The van der Waals surface area contributed by atoms with Crippen molar-refractivity contribution in [3.8, 4) is 5.75 Å². The van der Waals surface area contributed by atoms with Crippen LogP contribution in [0.5, 0.6) is 5.75 Å². The molecule has 0 spiro atoms. The number of amides is 2. The van der Waals surface area contributed by atoms with E-state index in [1.807, 2.05) is 0 Å². The number of rotatable bonds is 6. The summed E-state index contributed by atoms with van der Waals surface area (Å²) in [7, 11) is 0. The van der Waals surface area contributed by atoms with Crippen molar-refractivity contribution in [3.63, 3.8) is 0 Å². The normalized spacial score (nSPS) is 17.8. The van der Waals surface area contributed by atoms with Crippen LogP contribution in [-0.4, -0.2) is 67.0 Å². The van der Waals surface area contributed by atoms with Gasteiger partial charge in [-0.3, -0.25) is 14.4 Å². The van der Waals surface area contributed by atoms with Crippen molar-refractivity contribution >= 4 is 17.8 Å². The number of carbonyl (C=O) groups excluding carboxylic acids is 3. The van der Waals surface area contributed by atoms with Gasteiger partial charge in [0, 0.05) is 26.2 Å². The maximum absolute atomic E-state index is 13.5. The van der Waals surface area contributed by atoms with Crippen LogP contribution in [0.15, 0.2) is 24.3 Å². The summed E-state index contributed by atoms with van der Waals surface area (Å²) >= 11 is 0. The quantitative estimate of drug-likeness (QED) is 0.686. The van der Waals surface area contributed by atoms with Crippen LogP contribution in [-0.2, 0) is 19.1 Å². The molecule has 0 saturated carbocycles. The van der Waals surface area contributed by atoms with Crippen molar-refractivity contribution in [3.05, 3.63) is 30.1 Å². The Labute approximate surface area is 163 Å². The van der Waals surface area contributed by atoms with Crippen LogP contribution in [0.25, 0.3) is 0 Å². The van der Waals surface area contributed by atoms with E-state index in [0.717, 1.165) is 0 Å². The van der Waals surface area contributed by atoms with Crippen LogP contribution in [0.2, 0.25) is 0 Å². The van der Waals surface area contributed by atoms with Crippen molar-refractivity contribution in [2.75, 3.05) is 39.4 Å². The lowest BCUT2D eigenvalue weighted by Gasteiger charge is -2.41. The van der Waals surface area contributed by atoms with Gasteiger partial charge in [-0.05, 0) is 31.9 Å². The van der Waals surface area contributed by atoms with Crippen LogP contribution in [0, 0.1) is 17.7 Å². The average molecular weight is 392 g/mol. The Hall–Kier alpha value is -2.64. The number of likely N-dealkylation sites (tertiary alicyclic amines) is 2. The summed E-state index contributed by atoms with van der Waals surface area (Å²) in [5, 5.41) is 0. The third kappa shape index (κ3) is 4.61. The molecular weight excluding hydrogens is 367 g/mol. The summed E-state index contributed by atoms with van der Waals surface area (Å²) in [5.41, 5.74) is 0. The first kappa shape index (κ1) is 20.1. The average Bonchev–Trinajstić information content (AvgIpc) is 2.66. The van der Waals surface area contributed by atoms with Gasteiger partial charge >= 0.3 is 5.97 Å². The lowest BCUT2D eigenvalue weighted by atomic mass is 9.93. The summed E-state index contributed by atoms with van der Waals surface area (Å²) < 4.78 is 23.8. The molecule has 2 fully saturated rings. The highest BCUT2D eigenvalue weighted by Gasteiger charge is 2.39. The fourth-order valence-corrected chi connectivity index (χ4v) is 3.48. The van der Waals surface area contributed by atoms with E-state index in [0.29, 0.717) is 45.6 Å². The molecule has 0 atom stereocenters. The zero-order valence-corrected chi connectivity index (χ0v) is 15.9. The van der Waals surface area contributed by atoms with Gasteiger partial charge in [0.1, 0.15) is 0 Å². The Morgan fingerprint density at radius 3 is 2.39 bits per heavy atom. The van der Waals surface area contributed by atoms with Crippen molar-refractivity contribution in [2.24, 2.45) is 11.8 Å². The first-order valence-corrected chi connectivity index (χ1v) is 9.60. The van der Waals surface area contributed by atoms with E-state index in [1.54, 1.807) is 24.0 Å². The van der Waals surface area contributed by atoms with Gasteiger partial charge in [0.25, 0.3) is 5.91 Å². The van der Waals surface area contributed by atoms with E-state index in [2.05, 4.69) is 0 Å². The Morgan fingerprint density at radius 1 is 1.07 bits per heavy atom. The zero-order valence-electron chi connectivity index (χ0n) is 15.9. The minimum Gasteiger partial charge on any atom is -0.481 e. The predicted molar refractivity (Wildman–Crippen MR) is 97.9 cm³/mol. The molecule has 0 aromatic heterocycles. The molecule has 0 bridgehead atoms. The second kappa shape index (κ2) is 9.03. The Bertz CT molecular complexity index is 727. The third-order valence-corrected chi connectivity index (χ3v) is 5.20. The van der Waals surface area contributed by atoms with Gasteiger partial charge in [-0.15, -0.1) is 0 Å². The number of nitrogens with zero attached hydrogens (tertiary/aromatic N) is 2. The van der Waals surface area contributed by atoms with Gasteiger partial charge in [0.05, 0.1) is 18.4 Å². The first-order chi connectivity index (χ1) is 13.5. The summed E-state index contributed by atoms with van der Waals surface area (Å²) in [6, 6.07) is 5.91. The highest BCUT2D eigenvalue weighted by Crippen LogP contribution is 2.24. The molecular formula is C20H25FN2O5. The third-order valence-electron chi connectivity index (χ3n) is 5.20. The molecule has 2 aliphatic heterocycles. The minimum atomic E-state index is -0.516. The molecule has 152 valence electrons. The number of halogens is 1. The van der Waals surface area contributed by atoms with E-state index >= 15 is 0 Å². The largest absolute Gasteiger partial charge is 0.481 e. The Kier molecular flexibility index (Phi) is 6.49. The number of ether oxygens (including phenoxy) is 2. The molecule has 2 aliphatic rings. The number of carbonyl (C=O) groups is 3. The highest BCUT2D eigenvalue weighted by molar-refractivity contribution is 5.85. The molecule has 3 rings (SSSR count). The van der Waals surface area contributed by atoms with E-state index in [-0.39, 0.29) is 42.0 Å². The van der Waals surface area contributed by atoms with Crippen molar-refractivity contribution in [1.29, 1.82) is 0 Å². The molecule has 2 heterocycles. The van der Waals surface area contributed by atoms with Crippen LogP contribution in [0.1, 0.15) is 19.8 Å². The molecule has 8 heteroatoms. The van der Waals surface area contributed by atoms with Gasteiger partial charge in [-0.25, -0.2) is 4.39 Å². The maximum atomic E-state index is 13.5. The summed E-state index contributed by atoms with van der Waals surface area (Å²) in [6.45, 7) is 3.64. The summed E-state index contributed by atoms with van der Waals surface area (Å²) in [5.74, 6) is -1.29. The molecule has 7 nitrogen and oxygen atoms in total. The molecule has 0 radical (unpaired) electrons. The number of esters is 1. The van der Waals surface area contributed by atoms with Gasteiger partial charge in [-0.1, -0.05) is 12.1 Å². The molecule has 0 N–H and O–H groups in total. The molecule has 1 aromatic carbocycles. The zero-order chi connectivity index (χ0) is 20.1. The summed E-state index contributed by atoms with van der Waals surface area (Å²) in [4.78, 5) is 39.8. The van der Waals surface area contributed by atoms with Gasteiger partial charge < -0.3 is 19.3 Å². The van der Waals surface area contributed by atoms with Gasteiger partial charge in [0.2, 0.25) is 5.91 Å². The second-order valence-corrected chi connectivity index (χ2v) is 7.07. The van der Waals surface area contributed by atoms with Crippen molar-refractivity contribution in [1.82, 2.24) is 9.80 Å². The highest BCUT2D eigenvalue weighted by atomic mass is 19.1. The lowest BCUT2D eigenvalue weighted by Crippen LogP contribution is -2.58. The Balaban J connectivity index is 1.39. The molecule has 2 saturated heterocycles. The maximum Gasteiger partial charge on any atom is 0.309 e. The van der Waals surface area contributed by atoms with Crippen molar-refractivity contribution < 1.29 is 28.2 Å². The SMILES string of the molecule is CCOC(=O)C1CCN(C(=O)C2CN(C(=O)COc3ccccc3F)C2)CC1. The van der Waals surface area contributed by atoms with Crippen LogP contribution >= 0.6 is 0 Å². The standard InChI is InChI=1S/C20H25FN2O5/c1-2-27-20(26)14-7-9-22(10-8-14)19(25)15-11-23(12-15)18(24)13-28-17-6-4-3-5-16(17)21/h3-6,14-15H,2,7-13H2,1H3. The fraction of sp³-hybridized carbons (Fsp3) is 0.550.